The first-order chi connectivity index (χ1) is 12.1. The van der Waals surface area contributed by atoms with Crippen LogP contribution < -0.4 is 4.90 Å². The second-order valence-electron chi connectivity index (χ2n) is 6.51. The third kappa shape index (κ3) is 3.14. The highest BCUT2D eigenvalue weighted by Crippen LogP contribution is 2.33. The van der Waals surface area contributed by atoms with E-state index >= 15 is 0 Å². The Hall–Kier alpha value is -1.63. The molecule has 1 saturated heterocycles. The molecule has 3 heterocycles. The van der Waals surface area contributed by atoms with Gasteiger partial charge in [0.2, 0.25) is 10.0 Å². The molecule has 4 rings (SSSR count). The van der Waals surface area contributed by atoms with Gasteiger partial charge in [0, 0.05) is 31.5 Å². The third-order valence-corrected chi connectivity index (χ3v) is 7.17. The molecule has 0 aliphatic carbocycles. The number of pyridine rings is 1. The number of halogens is 1. The topological polar surface area (TPSA) is 53.5 Å². The fraction of sp³-hybridized carbons (Fsp3) is 0.389. The van der Waals surface area contributed by atoms with Crippen LogP contribution >= 0.6 is 11.6 Å². The van der Waals surface area contributed by atoms with Crippen molar-refractivity contribution in [2.24, 2.45) is 0 Å². The molecular formula is C18H20ClN3O2S. The van der Waals surface area contributed by atoms with Gasteiger partial charge < -0.3 is 4.90 Å². The van der Waals surface area contributed by atoms with E-state index in [0.29, 0.717) is 29.6 Å². The summed E-state index contributed by atoms with van der Waals surface area (Å²) >= 11 is 6.23. The first-order valence-corrected chi connectivity index (χ1v) is 10.3. The number of nitrogens with zero attached hydrogens (tertiary/aromatic N) is 3. The predicted octanol–water partition coefficient (Wildman–Crippen LogP) is 3.08. The van der Waals surface area contributed by atoms with Crippen LogP contribution in [0.4, 0.5) is 5.69 Å². The molecule has 0 bridgehead atoms. The summed E-state index contributed by atoms with van der Waals surface area (Å²) in [6.07, 6.45) is 4.51. The zero-order valence-electron chi connectivity index (χ0n) is 13.9. The lowest BCUT2D eigenvalue weighted by molar-refractivity contribution is 0.477. The summed E-state index contributed by atoms with van der Waals surface area (Å²) in [6, 6.07) is 9.13. The molecule has 0 unspecified atom stereocenters. The molecule has 5 nitrogen and oxygen atoms in total. The molecule has 0 spiro atoms. The summed E-state index contributed by atoms with van der Waals surface area (Å²) in [5.41, 5.74) is 2.96. The number of rotatable bonds is 4. The minimum atomic E-state index is -3.40. The maximum absolute atomic E-state index is 12.8. The molecule has 0 radical (unpaired) electrons. The molecule has 7 heteroatoms. The van der Waals surface area contributed by atoms with Gasteiger partial charge in [-0.25, -0.2) is 8.42 Å². The van der Waals surface area contributed by atoms with E-state index in [0.717, 1.165) is 37.2 Å². The zero-order valence-corrected chi connectivity index (χ0v) is 15.4. The van der Waals surface area contributed by atoms with Gasteiger partial charge in [-0.3, -0.25) is 4.98 Å². The number of sulfonamides is 1. The molecule has 1 fully saturated rings. The lowest BCUT2D eigenvalue weighted by Crippen LogP contribution is -2.28. The summed E-state index contributed by atoms with van der Waals surface area (Å²) in [6.45, 7) is 2.66. The van der Waals surface area contributed by atoms with Crippen molar-refractivity contribution in [1.29, 1.82) is 0 Å². The highest BCUT2D eigenvalue weighted by Gasteiger charge is 2.29. The normalized spacial score (nSPS) is 17.9. The first-order valence-electron chi connectivity index (χ1n) is 8.53. The minimum absolute atomic E-state index is 0.382. The molecule has 0 amide bonds. The maximum atomic E-state index is 12.8. The molecule has 0 N–H and O–H groups in total. The number of anilines is 1. The van der Waals surface area contributed by atoms with Crippen molar-refractivity contribution < 1.29 is 8.42 Å². The third-order valence-electron chi connectivity index (χ3n) is 4.93. The van der Waals surface area contributed by atoms with E-state index in [9.17, 15) is 8.42 Å². The Balaban J connectivity index is 1.64. The average Bonchev–Trinajstić information content (AvgIpc) is 3.27. The van der Waals surface area contributed by atoms with Gasteiger partial charge in [0.25, 0.3) is 0 Å². The maximum Gasteiger partial charge on any atom is 0.243 e. The predicted molar refractivity (Wildman–Crippen MR) is 98.4 cm³/mol. The second kappa shape index (κ2) is 6.59. The summed E-state index contributed by atoms with van der Waals surface area (Å²) in [7, 11) is -3.40. The minimum Gasteiger partial charge on any atom is -0.365 e. The van der Waals surface area contributed by atoms with Crippen molar-refractivity contribution in [2.75, 3.05) is 24.5 Å². The van der Waals surface area contributed by atoms with E-state index in [-0.39, 0.29) is 0 Å². The van der Waals surface area contributed by atoms with E-state index in [1.807, 2.05) is 24.3 Å². The molecule has 0 atom stereocenters. The number of aromatic nitrogens is 1. The van der Waals surface area contributed by atoms with Gasteiger partial charge in [0.05, 0.1) is 22.2 Å². The zero-order chi connectivity index (χ0) is 17.4. The van der Waals surface area contributed by atoms with Gasteiger partial charge in [0.1, 0.15) is 0 Å². The van der Waals surface area contributed by atoms with E-state index < -0.39 is 10.0 Å². The number of hydrogen-bond donors (Lipinski definition) is 0. The summed E-state index contributed by atoms with van der Waals surface area (Å²) in [5, 5.41) is 0.636. The Morgan fingerprint density at radius 1 is 1.12 bits per heavy atom. The molecule has 0 saturated carbocycles. The molecule has 1 aromatic heterocycles. The largest absolute Gasteiger partial charge is 0.365 e. The van der Waals surface area contributed by atoms with E-state index in [4.69, 9.17) is 11.6 Å². The lowest BCUT2D eigenvalue weighted by atomic mass is 10.2. The fourth-order valence-electron chi connectivity index (χ4n) is 3.54. The van der Waals surface area contributed by atoms with Crippen LogP contribution in [0.5, 0.6) is 0 Å². The SMILES string of the molecule is O=S(=O)(c1ccc2c(c1)N(Cc1ncccc1Cl)CC2)N1CCCC1. The van der Waals surface area contributed by atoms with Crippen molar-refractivity contribution in [2.45, 2.75) is 30.7 Å². The Morgan fingerprint density at radius 2 is 1.92 bits per heavy atom. The van der Waals surface area contributed by atoms with Crippen LogP contribution in [-0.2, 0) is 23.0 Å². The van der Waals surface area contributed by atoms with Gasteiger partial charge in [-0.05, 0) is 49.1 Å². The van der Waals surface area contributed by atoms with Gasteiger partial charge in [-0.2, -0.15) is 4.31 Å². The summed E-state index contributed by atoms with van der Waals surface area (Å²) in [5.74, 6) is 0. The van der Waals surface area contributed by atoms with Crippen LogP contribution in [0.15, 0.2) is 41.4 Å². The van der Waals surface area contributed by atoms with Crippen LogP contribution in [0.2, 0.25) is 5.02 Å². The van der Waals surface area contributed by atoms with Gasteiger partial charge in [-0.1, -0.05) is 17.7 Å². The Kier molecular flexibility index (Phi) is 4.43. The average molecular weight is 378 g/mol. The van der Waals surface area contributed by atoms with Gasteiger partial charge >= 0.3 is 0 Å². The van der Waals surface area contributed by atoms with Crippen LogP contribution in [-0.4, -0.2) is 37.3 Å². The monoisotopic (exact) mass is 377 g/mol. The van der Waals surface area contributed by atoms with Crippen molar-refractivity contribution in [1.82, 2.24) is 9.29 Å². The summed E-state index contributed by atoms with van der Waals surface area (Å²) < 4.78 is 27.2. The molecule has 2 aromatic rings. The fourth-order valence-corrected chi connectivity index (χ4v) is 5.26. The molecule has 2 aliphatic heterocycles. The quantitative estimate of drug-likeness (QED) is 0.821. The Labute approximate surface area is 153 Å². The van der Waals surface area contributed by atoms with Crippen LogP contribution in [0.1, 0.15) is 24.1 Å². The molecule has 25 heavy (non-hydrogen) atoms. The van der Waals surface area contributed by atoms with Gasteiger partial charge in [-0.15, -0.1) is 0 Å². The molecule has 132 valence electrons. The van der Waals surface area contributed by atoms with Crippen molar-refractivity contribution in [3.63, 3.8) is 0 Å². The van der Waals surface area contributed by atoms with Crippen molar-refractivity contribution in [3.8, 4) is 0 Å². The van der Waals surface area contributed by atoms with Crippen molar-refractivity contribution >= 4 is 27.3 Å². The Bertz CT molecular complexity index is 895. The smallest absolute Gasteiger partial charge is 0.243 e. The highest BCUT2D eigenvalue weighted by molar-refractivity contribution is 7.89. The number of fused-ring (bicyclic) bond motifs is 1. The van der Waals surface area contributed by atoms with Crippen LogP contribution in [0.3, 0.4) is 0 Å². The number of benzene rings is 1. The molecule has 2 aliphatic rings. The van der Waals surface area contributed by atoms with Crippen molar-refractivity contribution in [3.05, 3.63) is 52.8 Å². The van der Waals surface area contributed by atoms with Gasteiger partial charge in [0.15, 0.2) is 0 Å². The van der Waals surface area contributed by atoms with Crippen LogP contribution in [0.25, 0.3) is 0 Å². The van der Waals surface area contributed by atoms with E-state index in [1.165, 1.54) is 5.56 Å². The number of hydrogen-bond acceptors (Lipinski definition) is 4. The highest BCUT2D eigenvalue weighted by atomic mass is 35.5. The first kappa shape index (κ1) is 16.8. The summed E-state index contributed by atoms with van der Waals surface area (Å²) in [4.78, 5) is 6.89. The second-order valence-corrected chi connectivity index (χ2v) is 8.85. The molecule has 1 aromatic carbocycles. The van der Waals surface area contributed by atoms with E-state index in [2.05, 4.69) is 9.88 Å². The van der Waals surface area contributed by atoms with Crippen LogP contribution in [0, 0.1) is 0 Å². The van der Waals surface area contributed by atoms with E-state index in [1.54, 1.807) is 16.6 Å². The standard InChI is InChI=1S/C18H20ClN3O2S/c19-16-4-3-8-20-17(16)13-21-11-7-14-5-6-15(12-18(14)21)25(23,24)22-9-1-2-10-22/h3-6,8,12H,1-2,7,9-11,13H2. The Morgan fingerprint density at radius 3 is 2.68 bits per heavy atom. The molecular weight excluding hydrogens is 358 g/mol. The lowest BCUT2D eigenvalue weighted by Gasteiger charge is -2.21.